The van der Waals surface area contributed by atoms with Crippen LogP contribution in [-0.2, 0) is 0 Å². The molecule has 1 aromatic carbocycles. The number of aliphatic hydroxyl groups excluding tert-OH is 1. The maximum Gasteiger partial charge on any atom is 0.123 e. The zero-order valence-corrected chi connectivity index (χ0v) is 11.5. The Kier molecular flexibility index (Phi) is 5.76. The second-order valence-electron chi connectivity index (χ2n) is 5.53. The molecule has 0 saturated carbocycles. The van der Waals surface area contributed by atoms with E-state index in [0.29, 0.717) is 0 Å². The average Bonchev–Trinajstić information content (AvgIpc) is 2.32. The maximum absolute atomic E-state index is 12.9. The van der Waals surface area contributed by atoms with Crippen LogP contribution in [0.1, 0.15) is 45.2 Å². The molecule has 0 fully saturated rings. The van der Waals surface area contributed by atoms with Crippen LogP contribution in [-0.4, -0.2) is 18.3 Å². The van der Waals surface area contributed by atoms with Gasteiger partial charge in [0.1, 0.15) is 5.82 Å². The van der Waals surface area contributed by atoms with Gasteiger partial charge in [-0.3, -0.25) is 0 Å². The zero-order chi connectivity index (χ0) is 13.6. The van der Waals surface area contributed by atoms with Crippen LogP contribution in [0.4, 0.5) is 4.39 Å². The number of nitrogens with one attached hydrogen (secondary N) is 1. The van der Waals surface area contributed by atoms with Crippen molar-refractivity contribution in [2.45, 2.75) is 39.7 Å². The minimum Gasteiger partial charge on any atom is -0.396 e. The molecule has 1 unspecified atom stereocenters. The summed E-state index contributed by atoms with van der Waals surface area (Å²) < 4.78 is 12.9. The first-order valence-corrected chi connectivity index (χ1v) is 6.58. The van der Waals surface area contributed by atoms with Gasteiger partial charge in [0.2, 0.25) is 0 Å². The quantitative estimate of drug-likeness (QED) is 0.781. The topological polar surface area (TPSA) is 32.3 Å². The first kappa shape index (κ1) is 15.1. The Labute approximate surface area is 109 Å². The van der Waals surface area contributed by atoms with Crippen LogP contribution in [0.25, 0.3) is 0 Å². The van der Waals surface area contributed by atoms with Gasteiger partial charge >= 0.3 is 0 Å². The van der Waals surface area contributed by atoms with E-state index in [1.807, 2.05) is 12.1 Å². The molecular formula is C15H24FNO. The van der Waals surface area contributed by atoms with Gasteiger partial charge in [0.15, 0.2) is 0 Å². The third-order valence-corrected chi connectivity index (χ3v) is 3.30. The molecule has 0 aliphatic carbocycles. The van der Waals surface area contributed by atoms with Gasteiger partial charge in [-0.15, -0.1) is 0 Å². The lowest BCUT2D eigenvalue weighted by Crippen LogP contribution is -2.32. The summed E-state index contributed by atoms with van der Waals surface area (Å²) in [6.07, 6.45) is 1.74. The van der Waals surface area contributed by atoms with Crippen LogP contribution in [0.5, 0.6) is 0 Å². The standard InChI is InChI=1S/C15H24FNO/c1-4-14(12-5-7-13(16)8-6-12)17-11-15(2,3)9-10-18/h5-8,14,17-18H,4,9-11H2,1-3H3. The van der Waals surface area contributed by atoms with E-state index in [2.05, 4.69) is 26.1 Å². The molecule has 0 aliphatic heterocycles. The third-order valence-electron chi connectivity index (χ3n) is 3.30. The van der Waals surface area contributed by atoms with Gasteiger partial charge in [0, 0.05) is 19.2 Å². The van der Waals surface area contributed by atoms with Crippen molar-refractivity contribution in [3.63, 3.8) is 0 Å². The highest BCUT2D eigenvalue weighted by Gasteiger charge is 2.19. The van der Waals surface area contributed by atoms with Gasteiger partial charge in [0.25, 0.3) is 0 Å². The summed E-state index contributed by atoms with van der Waals surface area (Å²) in [5.41, 5.74) is 1.18. The van der Waals surface area contributed by atoms with Crippen LogP contribution in [0.2, 0.25) is 0 Å². The minimum atomic E-state index is -0.200. The molecule has 2 nitrogen and oxygen atoms in total. The highest BCUT2D eigenvalue weighted by Crippen LogP contribution is 2.22. The molecular weight excluding hydrogens is 229 g/mol. The summed E-state index contributed by atoms with van der Waals surface area (Å²) in [6, 6.07) is 6.89. The van der Waals surface area contributed by atoms with Gasteiger partial charge in [-0.2, -0.15) is 0 Å². The summed E-state index contributed by atoms with van der Waals surface area (Å²) in [5.74, 6) is -0.200. The Balaban J connectivity index is 2.60. The Bertz CT molecular complexity index is 348. The number of hydrogen-bond acceptors (Lipinski definition) is 2. The molecule has 0 aromatic heterocycles. The van der Waals surface area contributed by atoms with Gasteiger partial charge in [0.05, 0.1) is 0 Å². The zero-order valence-electron chi connectivity index (χ0n) is 11.5. The second-order valence-corrected chi connectivity index (χ2v) is 5.53. The molecule has 1 rings (SSSR count). The van der Waals surface area contributed by atoms with Gasteiger partial charge in [-0.1, -0.05) is 32.9 Å². The van der Waals surface area contributed by atoms with Crippen molar-refractivity contribution < 1.29 is 9.50 Å². The Hall–Kier alpha value is -0.930. The molecule has 0 saturated heterocycles. The number of halogens is 1. The molecule has 102 valence electrons. The first-order valence-electron chi connectivity index (χ1n) is 6.58. The van der Waals surface area contributed by atoms with E-state index in [4.69, 9.17) is 5.11 Å². The summed E-state index contributed by atoms with van der Waals surface area (Å²) in [7, 11) is 0. The van der Waals surface area contributed by atoms with Crippen molar-refractivity contribution in [3.05, 3.63) is 35.6 Å². The number of aliphatic hydroxyl groups is 1. The largest absolute Gasteiger partial charge is 0.396 e. The van der Waals surface area contributed by atoms with Crippen LogP contribution in [0.15, 0.2) is 24.3 Å². The first-order chi connectivity index (χ1) is 8.48. The molecule has 1 aromatic rings. The lowest BCUT2D eigenvalue weighted by Gasteiger charge is -2.27. The van der Waals surface area contributed by atoms with E-state index in [9.17, 15) is 4.39 Å². The third kappa shape index (κ3) is 4.75. The van der Waals surface area contributed by atoms with Crippen molar-refractivity contribution in [3.8, 4) is 0 Å². The smallest absolute Gasteiger partial charge is 0.123 e. The summed E-state index contributed by atoms with van der Waals surface area (Å²) >= 11 is 0. The van der Waals surface area contributed by atoms with Crippen molar-refractivity contribution in [2.24, 2.45) is 5.41 Å². The highest BCUT2D eigenvalue weighted by molar-refractivity contribution is 5.19. The number of benzene rings is 1. The number of rotatable bonds is 7. The molecule has 0 radical (unpaired) electrons. The SMILES string of the molecule is CCC(NCC(C)(C)CCO)c1ccc(F)cc1. The summed E-state index contributed by atoms with van der Waals surface area (Å²) in [4.78, 5) is 0. The van der Waals surface area contributed by atoms with Crippen molar-refractivity contribution in [2.75, 3.05) is 13.2 Å². The van der Waals surface area contributed by atoms with Crippen molar-refractivity contribution in [1.29, 1.82) is 0 Å². The lowest BCUT2D eigenvalue weighted by molar-refractivity contribution is 0.202. The predicted octanol–water partition coefficient (Wildman–Crippen LogP) is 3.28. The monoisotopic (exact) mass is 253 g/mol. The Morgan fingerprint density at radius 2 is 1.89 bits per heavy atom. The van der Waals surface area contributed by atoms with E-state index in [1.165, 1.54) is 12.1 Å². The number of hydrogen-bond donors (Lipinski definition) is 2. The Morgan fingerprint density at radius 1 is 1.28 bits per heavy atom. The maximum atomic E-state index is 12.9. The minimum absolute atomic E-state index is 0.0716. The average molecular weight is 253 g/mol. The van der Waals surface area contributed by atoms with Crippen molar-refractivity contribution in [1.82, 2.24) is 5.32 Å². The second kappa shape index (κ2) is 6.86. The van der Waals surface area contributed by atoms with Crippen LogP contribution in [0, 0.1) is 11.2 Å². The predicted molar refractivity (Wildman–Crippen MR) is 72.9 cm³/mol. The molecule has 0 heterocycles. The van der Waals surface area contributed by atoms with E-state index in [-0.39, 0.29) is 23.9 Å². The van der Waals surface area contributed by atoms with E-state index < -0.39 is 0 Å². The Morgan fingerprint density at radius 3 is 2.39 bits per heavy atom. The highest BCUT2D eigenvalue weighted by atomic mass is 19.1. The van der Waals surface area contributed by atoms with Crippen molar-refractivity contribution >= 4 is 0 Å². The van der Waals surface area contributed by atoms with Crippen LogP contribution >= 0.6 is 0 Å². The normalized spacial score (nSPS) is 13.6. The molecule has 1 atom stereocenters. The van der Waals surface area contributed by atoms with Gasteiger partial charge in [-0.05, 0) is 36.0 Å². The van der Waals surface area contributed by atoms with E-state index >= 15 is 0 Å². The van der Waals surface area contributed by atoms with Crippen LogP contribution < -0.4 is 5.32 Å². The molecule has 3 heteroatoms. The molecule has 0 spiro atoms. The van der Waals surface area contributed by atoms with Gasteiger partial charge in [-0.25, -0.2) is 4.39 Å². The van der Waals surface area contributed by atoms with Crippen LogP contribution in [0.3, 0.4) is 0 Å². The molecule has 2 N–H and O–H groups in total. The molecule has 0 bridgehead atoms. The summed E-state index contributed by atoms with van der Waals surface area (Å²) in [6.45, 7) is 7.42. The summed E-state index contributed by atoms with van der Waals surface area (Å²) in [5, 5.41) is 12.5. The fraction of sp³-hybridized carbons (Fsp3) is 0.600. The fourth-order valence-corrected chi connectivity index (χ4v) is 1.98. The van der Waals surface area contributed by atoms with E-state index in [0.717, 1.165) is 24.9 Å². The molecule has 0 aliphatic rings. The fourth-order valence-electron chi connectivity index (χ4n) is 1.98. The molecule has 0 amide bonds. The molecule has 18 heavy (non-hydrogen) atoms. The van der Waals surface area contributed by atoms with Gasteiger partial charge < -0.3 is 10.4 Å². The lowest BCUT2D eigenvalue weighted by atomic mass is 9.89. The van der Waals surface area contributed by atoms with E-state index in [1.54, 1.807) is 0 Å².